The van der Waals surface area contributed by atoms with Crippen molar-refractivity contribution in [2.45, 2.75) is 44.6 Å². The van der Waals surface area contributed by atoms with Gasteiger partial charge in [-0.1, -0.05) is 6.42 Å². The molecule has 2 saturated heterocycles. The van der Waals surface area contributed by atoms with Crippen molar-refractivity contribution in [3.63, 3.8) is 0 Å². The molecule has 2 fully saturated rings. The monoisotopic (exact) mass is 488 g/mol. The van der Waals surface area contributed by atoms with E-state index in [0.29, 0.717) is 50.6 Å². The lowest BCUT2D eigenvalue weighted by Crippen LogP contribution is -2.38. The Labute approximate surface area is 200 Å². The SMILES string of the molecule is Cc1cc(C)c(CNC(=O)c2cc(S(=O)(=O)N3CCCCC3)ccc2N2CCOCC2)c(=O)[nH]1. The van der Waals surface area contributed by atoms with E-state index in [0.717, 1.165) is 30.5 Å². The number of carbonyl (C=O) groups excluding carboxylic acids is 1. The van der Waals surface area contributed by atoms with Crippen LogP contribution in [0.25, 0.3) is 0 Å². The number of rotatable bonds is 6. The number of aromatic amines is 1. The highest BCUT2D eigenvalue weighted by atomic mass is 32.2. The number of carbonyl (C=O) groups is 1. The second-order valence-electron chi connectivity index (χ2n) is 8.87. The van der Waals surface area contributed by atoms with Crippen molar-refractivity contribution >= 4 is 21.6 Å². The first kappa shape index (κ1) is 24.4. The van der Waals surface area contributed by atoms with Gasteiger partial charge in [0.2, 0.25) is 10.0 Å². The largest absolute Gasteiger partial charge is 0.378 e. The van der Waals surface area contributed by atoms with Crippen LogP contribution in [0.1, 0.15) is 46.4 Å². The maximum atomic E-state index is 13.3. The first-order valence-corrected chi connectivity index (χ1v) is 13.2. The number of aromatic nitrogens is 1. The Morgan fingerprint density at radius 3 is 2.44 bits per heavy atom. The highest BCUT2D eigenvalue weighted by Crippen LogP contribution is 2.28. The van der Waals surface area contributed by atoms with Gasteiger partial charge in [0, 0.05) is 49.7 Å². The average Bonchev–Trinajstić information content (AvgIpc) is 2.84. The zero-order valence-corrected chi connectivity index (χ0v) is 20.5. The van der Waals surface area contributed by atoms with Crippen molar-refractivity contribution in [3.05, 3.63) is 57.0 Å². The minimum atomic E-state index is -3.70. The molecule has 1 amide bonds. The molecule has 9 nitrogen and oxygen atoms in total. The maximum absolute atomic E-state index is 13.3. The number of nitrogens with zero attached hydrogens (tertiary/aromatic N) is 2. The molecule has 0 radical (unpaired) electrons. The minimum Gasteiger partial charge on any atom is -0.378 e. The Morgan fingerprint density at radius 1 is 1.06 bits per heavy atom. The van der Waals surface area contributed by atoms with Gasteiger partial charge in [0.05, 0.1) is 23.7 Å². The third-order valence-electron chi connectivity index (χ3n) is 6.44. The molecule has 0 saturated carbocycles. The Bertz CT molecular complexity index is 1210. The van der Waals surface area contributed by atoms with E-state index in [9.17, 15) is 18.0 Å². The summed E-state index contributed by atoms with van der Waals surface area (Å²) in [4.78, 5) is 30.6. The van der Waals surface area contributed by atoms with Gasteiger partial charge in [0.1, 0.15) is 0 Å². The number of ether oxygens (including phenoxy) is 1. The molecular formula is C24H32N4O5S. The van der Waals surface area contributed by atoms with Crippen LogP contribution in [0.3, 0.4) is 0 Å². The zero-order chi connectivity index (χ0) is 24.3. The summed E-state index contributed by atoms with van der Waals surface area (Å²) in [6.45, 7) is 6.94. The van der Waals surface area contributed by atoms with Crippen LogP contribution in [-0.2, 0) is 21.3 Å². The Hall–Kier alpha value is -2.69. The van der Waals surface area contributed by atoms with Gasteiger partial charge in [-0.2, -0.15) is 4.31 Å². The van der Waals surface area contributed by atoms with Gasteiger partial charge in [-0.05, 0) is 56.5 Å². The summed E-state index contributed by atoms with van der Waals surface area (Å²) in [5.41, 5.74) is 2.71. The Morgan fingerprint density at radius 2 is 1.76 bits per heavy atom. The maximum Gasteiger partial charge on any atom is 0.253 e. The predicted octanol–water partition coefficient (Wildman–Crippen LogP) is 1.93. The summed E-state index contributed by atoms with van der Waals surface area (Å²) < 4.78 is 33.5. The van der Waals surface area contributed by atoms with Crippen molar-refractivity contribution in [3.8, 4) is 0 Å². The molecule has 2 aliphatic rings. The van der Waals surface area contributed by atoms with Crippen molar-refractivity contribution in [2.75, 3.05) is 44.3 Å². The number of amides is 1. The van der Waals surface area contributed by atoms with Gasteiger partial charge in [-0.25, -0.2) is 8.42 Å². The number of nitrogens with one attached hydrogen (secondary N) is 2. The molecule has 10 heteroatoms. The fourth-order valence-corrected chi connectivity index (χ4v) is 6.10. The van der Waals surface area contributed by atoms with Crippen LogP contribution in [0, 0.1) is 13.8 Å². The van der Waals surface area contributed by atoms with E-state index < -0.39 is 15.9 Å². The smallest absolute Gasteiger partial charge is 0.253 e. The van der Waals surface area contributed by atoms with E-state index in [1.54, 1.807) is 19.1 Å². The predicted molar refractivity (Wildman–Crippen MR) is 130 cm³/mol. The average molecular weight is 489 g/mol. The molecule has 0 spiro atoms. The van der Waals surface area contributed by atoms with Crippen LogP contribution in [-0.4, -0.2) is 63.0 Å². The van der Waals surface area contributed by atoms with E-state index in [1.807, 2.05) is 17.9 Å². The molecule has 1 aromatic heterocycles. The van der Waals surface area contributed by atoms with Crippen molar-refractivity contribution in [1.82, 2.24) is 14.6 Å². The van der Waals surface area contributed by atoms with Gasteiger partial charge < -0.3 is 19.9 Å². The summed E-state index contributed by atoms with van der Waals surface area (Å²) in [5, 5.41) is 2.83. The molecule has 2 N–H and O–H groups in total. The minimum absolute atomic E-state index is 0.0476. The summed E-state index contributed by atoms with van der Waals surface area (Å²) in [5.74, 6) is -0.420. The van der Waals surface area contributed by atoms with E-state index in [1.165, 1.54) is 10.4 Å². The zero-order valence-electron chi connectivity index (χ0n) is 19.7. The molecule has 2 aliphatic heterocycles. The van der Waals surface area contributed by atoms with Gasteiger partial charge >= 0.3 is 0 Å². The van der Waals surface area contributed by atoms with Crippen LogP contribution < -0.4 is 15.8 Å². The molecule has 0 bridgehead atoms. The van der Waals surface area contributed by atoms with Crippen LogP contribution in [0.2, 0.25) is 0 Å². The lowest BCUT2D eigenvalue weighted by molar-refractivity contribution is 0.0949. The van der Waals surface area contributed by atoms with Crippen LogP contribution >= 0.6 is 0 Å². The highest BCUT2D eigenvalue weighted by molar-refractivity contribution is 7.89. The number of aryl methyl sites for hydroxylation is 2. The van der Waals surface area contributed by atoms with Crippen LogP contribution in [0.5, 0.6) is 0 Å². The van der Waals surface area contributed by atoms with Gasteiger partial charge in [-0.15, -0.1) is 0 Å². The molecule has 34 heavy (non-hydrogen) atoms. The number of hydrogen-bond acceptors (Lipinski definition) is 6. The third-order valence-corrected chi connectivity index (χ3v) is 8.33. The van der Waals surface area contributed by atoms with Crippen molar-refractivity contribution < 1.29 is 17.9 Å². The molecule has 0 atom stereocenters. The molecule has 0 unspecified atom stereocenters. The number of piperidine rings is 1. The second kappa shape index (κ2) is 10.3. The number of pyridine rings is 1. The lowest BCUT2D eigenvalue weighted by Gasteiger charge is -2.31. The van der Waals surface area contributed by atoms with Gasteiger partial charge in [0.15, 0.2) is 0 Å². The third kappa shape index (κ3) is 5.18. The number of morpholine rings is 1. The van der Waals surface area contributed by atoms with Crippen LogP contribution in [0.4, 0.5) is 5.69 Å². The first-order valence-electron chi connectivity index (χ1n) is 11.7. The molecule has 3 heterocycles. The molecule has 0 aliphatic carbocycles. The van der Waals surface area contributed by atoms with E-state index in [-0.39, 0.29) is 22.6 Å². The quantitative estimate of drug-likeness (QED) is 0.643. The number of H-pyrrole nitrogens is 1. The molecular weight excluding hydrogens is 456 g/mol. The highest BCUT2D eigenvalue weighted by Gasteiger charge is 2.28. The molecule has 184 valence electrons. The van der Waals surface area contributed by atoms with E-state index in [2.05, 4.69) is 10.3 Å². The normalized spacial score (nSPS) is 17.5. The van der Waals surface area contributed by atoms with E-state index >= 15 is 0 Å². The van der Waals surface area contributed by atoms with Crippen LogP contribution in [0.15, 0.2) is 34.0 Å². The number of sulfonamides is 1. The van der Waals surface area contributed by atoms with Gasteiger partial charge in [-0.3, -0.25) is 9.59 Å². The summed E-state index contributed by atoms with van der Waals surface area (Å²) in [7, 11) is -3.70. The molecule has 2 aromatic rings. The Balaban J connectivity index is 1.65. The van der Waals surface area contributed by atoms with Crippen molar-refractivity contribution in [1.29, 1.82) is 0 Å². The Kier molecular flexibility index (Phi) is 7.39. The van der Waals surface area contributed by atoms with E-state index in [4.69, 9.17) is 4.74 Å². The fourth-order valence-electron chi connectivity index (χ4n) is 4.56. The standard InChI is InChI=1S/C24H32N4O5S/c1-17-14-18(2)26-24(30)21(17)16-25-23(29)20-15-19(34(31,32)28-8-4-3-5-9-28)6-7-22(20)27-10-12-33-13-11-27/h6-7,14-15H,3-5,8-13,16H2,1-2H3,(H,25,29)(H,26,30). The van der Waals surface area contributed by atoms with Crippen molar-refractivity contribution in [2.24, 2.45) is 0 Å². The second-order valence-corrected chi connectivity index (χ2v) is 10.8. The fraction of sp³-hybridized carbons (Fsp3) is 0.500. The number of benzene rings is 1. The van der Waals surface area contributed by atoms with Gasteiger partial charge in [0.25, 0.3) is 11.5 Å². The number of hydrogen-bond donors (Lipinski definition) is 2. The summed E-state index contributed by atoms with van der Waals surface area (Å²) >= 11 is 0. The number of anilines is 1. The molecule has 1 aromatic carbocycles. The molecule has 4 rings (SSSR count). The first-order chi connectivity index (χ1) is 16.3. The lowest BCUT2D eigenvalue weighted by atomic mass is 10.1. The summed E-state index contributed by atoms with van der Waals surface area (Å²) in [6.07, 6.45) is 2.69. The topological polar surface area (TPSA) is 112 Å². The summed E-state index contributed by atoms with van der Waals surface area (Å²) in [6, 6.07) is 6.62.